The van der Waals surface area contributed by atoms with Gasteiger partial charge in [0, 0.05) is 17.3 Å². The van der Waals surface area contributed by atoms with E-state index >= 15 is 0 Å². The molecule has 0 bridgehead atoms. The molecule has 0 atom stereocenters. The molecular weight excluding hydrogens is 386 g/mol. The van der Waals surface area contributed by atoms with Crippen molar-refractivity contribution in [3.05, 3.63) is 57.8 Å². The molecule has 4 nitrogen and oxygen atoms in total. The molecule has 1 amide bonds. The highest BCUT2D eigenvalue weighted by Gasteiger charge is 2.28. The number of fused-ring (bicyclic) bond motifs is 1. The molecule has 9 heteroatoms. The first kappa shape index (κ1) is 19.1. The maximum Gasteiger partial charge on any atom is 0.243 e. The zero-order valence-electron chi connectivity index (χ0n) is 13.8. The molecule has 0 radical (unpaired) electrons. The summed E-state index contributed by atoms with van der Waals surface area (Å²) >= 11 is 5.58. The number of rotatable bonds is 4. The highest BCUT2D eigenvalue weighted by atomic mass is 35.5. The fraction of sp³-hybridized carbons (Fsp3) is 0.278. The number of amides is 1. The second kappa shape index (κ2) is 7.53. The number of aryl methyl sites for hydroxylation is 2. The molecule has 1 heterocycles. The van der Waals surface area contributed by atoms with Crippen molar-refractivity contribution in [1.29, 1.82) is 5.26 Å². The molecular formula is C18H12ClF4N3O. The minimum absolute atomic E-state index is 0.00630. The average Bonchev–Trinajstić information content (AvgIpc) is 3.12. The average molecular weight is 398 g/mol. The maximum absolute atomic E-state index is 14.0. The Morgan fingerprint density at radius 1 is 1.19 bits per heavy atom. The first-order valence-electron chi connectivity index (χ1n) is 7.98. The summed E-state index contributed by atoms with van der Waals surface area (Å²) in [7, 11) is 0. The Balaban J connectivity index is 2.13. The van der Waals surface area contributed by atoms with E-state index in [1.807, 2.05) is 6.07 Å². The van der Waals surface area contributed by atoms with Crippen molar-refractivity contribution in [1.82, 2.24) is 4.98 Å². The van der Waals surface area contributed by atoms with Crippen LogP contribution in [0.2, 0.25) is 0 Å². The molecule has 1 aliphatic rings. The number of hydrogen-bond donors (Lipinski definition) is 0. The summed E-state index contributed by atoms with van der Waals surface area (Å²) in [4.78, 5) is 17.3. The van der Waals surface area contributed by atoms with Gasteiger partial charge in [0.2, 0.25) is 5.91 Å². The Morgan fingerprint density at radius 2 is 1.85 bits per heavy atom. The van der Waals surface area contributed by atoms with E-state index in [1.54, 1.807) is 6.07 Å². The van der Waals surface area contributed by atoms with E-state index in [4.69, 9.17) is 11.6 Å². The minimum Gasteiger partial charge on any atom is -0.290 e. The molecule has 140 valence electrons. The third kappa shape index (κ3) is 3.47. The predicted octanol–water partition coefficient (Wildman–Crippen LogP) is 3.77. The fourth-order valence-corrected chi connectivity index (χ4v) is 3.17. The quantitative estimate of drug-likeness (QED) is 0.448. The van der Waals surface area contributed by atoms with Gasteiger partial charge < -0.3 is 0 Å². The van der Waals surface area contributed by atoms with Gasteiger partial charge in [-0.2, -0.15) is 5.26 Å². The molecule has 3 rings (SSSR count). The summed E-state index contributed by atoms with van der Waals surface area (Å²) in [5, 5.41) is 9.39. The lowest BCUT2D eigenvalue weighted by Crippen LogP contribution is -2.34. The number of nitrogens with zero attached hydrogens (tertiary/aromatic N) is 3. The second-order valence-corrected chi connectivity index (χ2v) is 6.26. The SMILES string of the molecule is N#Cc1cc2c(nc1N(Cc1c(F)c(F)cc(F)c1F)C(=O)CCl)CCC2. The Labute approximate surface area is 157 Å². The summed E-state index contributed by atoms with van der Waals surface area (Å²) in [6, 6.07) is 3.52. The summed E-state index contributed by atoms with van der Waals surface area (Å²) in [5.74, 6) is -7.98. The van der Waals surface area contributed by atoms with E-state index in [-0.39, 0.29) is 17.4 Å². The van der Waals surface area contributed by atoms with Crippen LogP contribution in [-0.4, -0.2) is 16.8 Å². The van der Waals surface area contributed by atoms with Crippen LogP contribution in [0.5, 0.6) is 0 Å². The van der Waals surface area contributed by atoms with Crippen molar-refractivity contribution >= 4 is 23.3 Å². The molecule has 0 spiro atoms. The van der Waals surface area contributed by atoms with Crippen molar-refractivity contribution < 1.29 is 22.4 Å². The maximum atomic E-state index is 14.0. The standard InChI is InChI=1S/C18H12ClF4N3O/c19-6-15(27)26(8-11-16(22)12(20)5-13(21)17(11)23)18-10(7-24)4-9-2-1-3-14(9)25-18/h4-5H,1-3,6,8H2. The van der Waals surface area contributed by atoms with E-state index < -0.39 is 47.2 Å². The van der Waals surface area contributed by atoms with Gasteiger partial charge >= 0.3 is 0 Å². The van der Waals surface area contributed by atoms with Gasteiger partial charge in [-0.25, -0.2) is 22.5 Å². The molecule has 0 aliphatic heterocycles. The lowest BCUT2D eigenvalue weighted by atomic mass is 10.1. The number of alkyl halides is 1. The van der Waals surface area contributed by atoms with Gasteiger partial charge in [-0.05, 0) is 30.9 Å². The molecule has 0 N–H and O–H groups in total. The van der Waals surface area contributed by atoms with Crippen LogP contribution in [0.3, 0.4) is 0 Å². The van der Waals surface area contributed by atoms with Crippen molar-refractivity contribution in [2.75, 3.05) is 10.8 Å². The molecule has 1 aromatic heterocycles. The topological polar surface area (TPSA) is 57.0 Å². The van der Waals surface area contributed by atoms with Gasteiger partial charge in [0.15, 0.2) is 29.1 Å². The Bertz CT molecular complexity index is 948. The smallest absolute Gasteiger partial charge is 0.243 e. The number of hydrogen-bond acceptors (Lipinski definition) is 3. The molecule has 0 saturated heterocycles. The van der Waals surface area contributed by atoms with E-state index in [0.717, 1.165) is 23.3 Å². The molecule has 0 saturated carbocycles. The Hall–Kier alpha value is -2.66. The van der Waals surface area contributed by atoms with Crippen LogP contribution in [0.1, 0.15) is 28.8 Å². The lowest BCUT2D eigenvalue weighted by Gasteiger charge is -2.23. The first-order valence-corrected chi connectivity index (χ1v) is 8.52. The number of carbonyl (C=O) groups is 1. The summed E-state index contributed by atoms with van der Waals surface area (Å²) < 4.78 is 55.1. The van der Waals surface area contributed by atoms with Gasteiger partial charge in [-0.1, -0.05) is 0 Å². The van der Waals surface area contributed by atoms with Crippen LogP contribution in [0, 0.1) is 34.6 Å². The zero-order chi connectivity index (χ0) is 19.7. The van der Waals surface area contributed by atoms with Gasteiger partial charge in [0.05, 0.1) is 12.1 Å². The highest BCUT2D eigenvalue weighted by molar-refractivity contribution is 6.29. The number of benzene rings is 1. The summed E-state index contributed by atoms with van der Waals surface area (Å²) in [6.45, 7) is -0.863. The molecule has 1 aromatic carbocycles. The number of pyridine rings is 1. The minimum atomic E-state index is -1.62. The van der Waals surface area contributed by atoms with Crippen molar-refractivity contribution in [3.8, 4) is 6.07 Å². The van der Waals surface area contributed by atoms with Crippen LogP contribution in [0.25, 0.3) is 0 Å². The largest absolute Gasteiger partial charge is 0.290 e. The normalized spacial score (nSPS) is 12.6. The van der Waals surface area contributed by atoms with E-state index in [2.05, 4.69) is 4.98 Å². The van der Waals surface area contributed by atoms with Crippen molar-refractivity contribution in [2.45, 2.75) is 25.8 Å². The monoisotopic (exact) mass is 397 g/mol. The molecule has 27 heavy (non-hydrogen) atoms. The molecule has 0 fully saturated rings. The van der Waals surface area contributed by atoms with Crippen LogP contribution < -0.4 is 4.90 Å². The molecule has 0 unspecified atom stereocenters. The number of nitriles is 1. The van der Waals surface area contributed by atoms with Crippen LogP contribution >= 0.6 is 11.6 Å². The molecule has 1 aliphatic carbocycles. The number of carbonyl (C=O) groups excluding carboxylic acids is 1. The zero-order valence-corrected chi connectivity index (χ0v) is 14.6. The summed E-state index contributed by atoms with van der Waals surface area (Å²) in [5.41, 5.74) is 0.523. The van der Waals surface area contributed by atoms with Gasteiger partial charge in [0.25, 0.3) is 0 Å². The van der Waals surface area contributed by atoms with Gasteiger partial charge in [-0.15, -0.1) is 11.6 Å². The van der Waals surface area contributed by atoms with E-state index in [1.165, 1.54) is 0 Å². The number of aromatic nitrogens is 1. The van der Waals surface area contributed by atoms with Crippen LogP contribution in [0.15, 0.2) is 12.1 Å². The van der Waals surface area contributed by atoms with Crippen LogP contribution in [0.4, 0.5) is 23.4 Å². The predicted molar refractivity (Wildman–Crippen MR) is 89.2 cm³/mol. The second-order valence-electron chi connectivity index (χ2n) is 5.99. The third-order valence-corrected chi connectivity index (χ3v) is 4.57. The van der Waals surface area contributed by atoms with Crippen molar-refractivity contribution in [3.63, 3.8) is 0 Å². The van der Waals surface area contributed by atoms with Gasteiger partial charge in [0.1, 0.15) is 11.9 Å². The number of anilines is 1. The Morgan fingerprint density at radius 3 is 2.44 bits per heavy atom. The van der Waals surface area contributed by atoms with E-state index in [0.29, 0.717) is 12.1 Å². The van der Waals surface area contributed by atoms with E-state index in [9.17, 15) is 27.6 Å². The fourth-order valence-electron chi connectivity index (χ4n) is 3.02. The van der Waals surface area contributed by atoms with Gasteiger partial charge in [-0.3, -0.25) is 9.69 Å². The lowest BCUT2D eigenvalue weighted by molar-refractivity contribution is -0.116. The van der Waals surface area contributed by atoms with Crippen molar-refractivity contribution in [2.24, 2.45) is 0 Å². The first-order chi connectivity index (χ1) is 12.9. The van der Waals surface area contributed by atoms with Crippen LogP contribution in [-0.2, 0) is 24.2 Å². The summed E-state index contributed by atoms with van der Waals surface area (Å²) in [6.07, 6.45) is 2.16. The third-order valence-electron chi connectivity index (χ3n) is 4.34. The Kier molecular flexibility index (Phi) is 5.33. The molecule has 2 aromatic rings. The number of halogens is 5. The highest BCUT2D eigenvalue weighted by Crippen LogP contribution is 2.29.